The molecule has 1 fully saturated rings. The summed E-state index contributed by atoms with van der Waals surface area (Å²) < 4.78 is 48.9. The quantitative estimate of drug-likeness (QED) is 0.276. The molecule has 2 atom stereocenters. The number of methoxy groups -OCH3 is 1. The van der Waals surface area contributed by atoms with E-state index in [0.29, 0.717) is 41.2 Å². The van der Waals surface area contributed by atoms with Crippen LogP contribution >= 0.6 is 0 Å². The lowest BCUT2D eigenvalue weighted by atomic mass is 10.0. The number of nitrogens with one attached hydrogen (secondary N) is 1. The van der Waals surface area contributed by atoms with Crippen molar-refractivity contribution in [3.63, 3.8) is 0 Å². The summed E-state index contributed by atoms with van der Waals surface area (Å²) in [6.07, 6.45) is -1.78. The smallest absolute Gasteiger partial charge is 0.433 e. The molecule has 2 aromatic carbocycles. The molecule has 1 aliphatic heterocycles. The number of alkyl halides is 3. The third-order valence-corrected chi connectivity index (χ3v) is 7.80. The van der Waals surface area contributed by atoms with E-state index < -0.39 is 23.8 Å². The zero-order valence-corrected chi connectivity index (χ0v) is 24.4. The van der Waals surface area contributed by atoms with Crippen molar-refractivity contribution in [1.29, 1.82) is 0 Å². The minimum Gasteiger partial charge on any atom is -0.497 e. The number of nitrogens with zero attached hydrogens (tertiary/aromatic N) is 5. The van der Waals surface area contributed by atoms with E-state index in [4.69, 9.17) is 10.5 Å². The number of rotatable bonds is 7. The largest absolute Gasteiger partial charge is 0.497 e. The van der Waals surface area contributed by atoms with Crippen LogP contribution < -0.4 is 15.8 Å². The molecule has 5 rings (SSSR count). The summed E-state index contributed by atoms with van der Waals surface area (Å²) in [5.41, 5.74) is 5.98. The van der Waals surface area contributed by atoms with E-state index in [9.17, 15) is 22.8 Å². The molecule has 0 aliphatic carbocycles. The van der Waals surface area contributed by atoms with Crippen LogP contribution in [0, 0.1) is 6.92 Å². The maximum atomic E-state index is 14.3. The summed E-state index contributed by atoms with van der Waals surface area (Å²) in [6, 6.07) is 12.7. The van der Waals surface area contributed by atoms with Crippen molar-refractivity contribution in [1.82, 2.24) is 24.4 Å². The van der Waals surface area contributed by atoms with E-state index in [1.165, 1.54) is 14.0 Å². The number of carbonyl (C=O) groups excluding carboxylic acids is 2. The van der Waals surface area contributed by atoms with Crippen LogP contribution in [0.4, 0.5) is 23.7 Å². The van der Waals surface area contributed by atoms with Gasteiger partial charge in [-0.05, 0) is 55.8 Å². The first-order valence-electron chi connectivity index (χ1n) is 13.9. The maximum absolute atomic E-state index is 14.3. The monoisotopic (exact) mass is 607 g/mol. The molecule has 230 valence electrons. The van der Waals surface area contributed by atoms with Crippen molar-refractivity contribution in [2.45, 2.75) is 32.1 Å². The Morgan fingerprint density at radius 3 is 2.39 bits per heavy atom. The third-order valence-electron chi connectivity index (χ3n) is 7.80. The molecular weight excluding hydrogens is 575 g/mol. The topological polar surface area (TPSA) is 118 Å². The van der Waals surface area contributed by atoms with Crippen LogP contribution in [0.25, 0.3) is 16.9 Å². The first kappa shape index (κ1) is 30.5. The zero-order valence-electron chi connectivity index (χ0n) is 24.4. The van der Waals surface area contributed by atoms with Crippen molar-refractivity contribution in [2.75, 3.05) is 32.1 Å². The van der Waals surface area contributed by atoms with Crippen LogP contribution in [0.1, 0.15) is 40.1 Å². The standard InChI is InChI=1S/C31H32F3N7O3/c1-5-25(20-6-10-22(11-7-20)37-30(35)43)39-14-15-40(18(2)17-39)29(42)24-16-36-41-27(31(32,33)34)19(3)26(38-28(24)41)21-8-12-23(44-4)13-9-21/h5-13,16,18,25H,1,14-15,17H2,2-4H3,(H3,35,37,43)/t18-,25?/m1/s1. The lowest BCUT2D eigenvalue weighted by molar-refractivity contribution is -0.143. The molecule has 3 amide bonds. The molecule has 2 aromatic heterocycles. The number of carbonyl (C=O) groups is 2. The summed E-state index contributed by atoms with van der Waals surface area (Å²) >= 11 is 0. The molecule has 3 heterocycles. The number of fused-ring (bicyclic) bond motifs is 1. The van der Waals surface area contributed by atoms with Gasteiger partial charge in [0.15, 0.2) is 11.3 Å². The first-order chi connectivity index (χ1) is 20.9. The Hall–Kier alpha value is -4.91. The molecule has 4 aromatic rings. The maximum Gasteiger partial charge on any atom is 0.433 e. The summed E-state index contributed by atoms with van der Waals surface area (Å²) in [5, 5.41) is 6.51. The van der Waals surface area contributed by atoms with Crippen molar-refractivity contribution in [3.05, 3.63) is 89.8 Å². The number of hydrogen-bond donors (Lipinski definition) is 2. The molecule has 0 bridgehead atoms. The van der Waals surface area contributed by atoms with E-state index in [-0.39, 0.29) is 34.6 Å². The van der Waals surface area contributed by atoms with Crippen molar-refractivity contribution in [3.8, 4) is 17.0 Å². The van der Waals surface area contributed by atoms with Crippen molar-refractivity contribution < 1.29 is 27.5 Å². The molecule has 1 unspecified atom stereocenters. The average Bonchev–Trinajstić information content (AvgIpc) is 3.40. The fourth-order valence-electron chi connectivity index (χ4n) is 5.68. The van der Waals surface area contributed by atoms with Gasteiger partial charge in [0.25, 0.3) is 5.91 Å². The van der Waals surface area contributed by atoms with Gasteiger partial charge in [-0.2, -0.15) is 18.3 Å². The fraction of sp³-hybridized carbons (Fsp3) is 0.290. The summed E-state index contributed by atoms with van der Waals surface area (Å²) in [5.74, 6) is 0.0991. The number of hydrogen-bond acceptors (Lipinski definition) is 6. The number of benzene rings is 2. The summed E-state index contributed by atoms with van der Waals surface area (Å²) in [6.45, 7) is 8.52. The normalized spacial score (nSPS) is 16.5. The number of primary amides is 1. The molecule has 3 N–H and O–H groups in total. The lowest BCUT2D eigenvalue weighted by Gasteiger charge is -2.42. The van der Waals surface area contributed by atoms with E-state index in [1.54, 1.807) is 47.4 Å². The van der Waals surface area contributed by atoms with Gasteiger partial charge in [0, 0.05) is 42.5 Å². The second-order valence-corrected chi connectivity index (χ2v) is 10.6. The summed E-state index contributed by atoms with van der Waals surface area (Å²) in [7, 11) is 1.50. The second kappa shape index (κ2) is 12.0. The molecule has 44 heavy (non-hydrogen) atoms. The number of amides is 3. The minimum absolute atomic E-state index is 0.0108. The Balaban J connectivity index is 1.43. The number of aromatic nitrogens is 3. The number of halogens is 3. The van der Waals surface area contributed by atoms with Crippen LogP contribution in [0.15, 0.2) is 67.4 Å². The van der Waals surface area contributed by atoms with Gasteiger partial charge in [-0.3, -0.25) is 9.69 Å². The average molecular weight is 608 g/mol. The van der Waals surface area contributed by atoms with Gasteiger partial charge in [0.1, 0.15) is 11.3 Å². The third kappa shape index (κ3) is 5.82. The highest BCUT2D eigenvalue weighted by atomic mass is 19.4. The number of urea groups is 1. The van der Waals surface area contributed by atoms with E-state index >= 15 is 0 Å². The lowest BCUT2D eigenvalue weighted by Crippen LogP contribution is -2.54. The van der Waals surface area contributed by atoms with Crippen LogP contribution in [0.3, 0.4) is 0 Å². The Morgan fingerprint density at radius 1 is 1.14 bits per heavy atom. The SMILES string of the molecule is C=CC(c1ccc(NC(N)=O)cc1)N1CCN(C(=O)c2cnn3c(C(F)(F)F)c(C)c(-c4ccc(OC)cc4)nc23)[C@H](C)C1. The van der Waals surface area contributed by atoms with E-state index in [2.05, 4.69) is 26.9 Å². The highest BCUT2D eigenvalue weighted by Crippen LogP contribution is 2.37. The first-order valence-corrected chi connectivity index (χ1v) is 13.9. The Labute approximate surface area is 251 Å². The molecule has 10 nitrogen and oxygen atoms in total. The summed E-state index contributed by atoms with van der Waals surface area (Å²) in [4.78, 5) is 33.3. The molecule has 1 saturated heterocycles. The number of piperazine rings is 1. The molecule has 13 heteroatoms. The molecule has 0 saturated carbocycles. The molecule has 0 spiro atoms. The molecule has 0 radical (unpaired) electrons. The minimum atomic E-state index is -4.74. The van der Waals surface area contributed by atoms with Crippen LogP contribution in [0.2, 0.25) is 0 Å². The second-order valence-electron chi connectivity index (χ2n) is 10.6. The predicted octanol–water partition coefficient (Wildman–Crippen LogP) is 5.30. The van der Waals surface area contributed by atoms with Gasteiger partial charge in [0.05, 0.1) is 25.0 Å². The van der Waals surface area contributed by atoms with Crippen molar-refractivity contribution in [2.24, 2.45) is 5.73 Å². The van der Waals surface area contributed by atoms with Gasteiger partial charge in [-0.15, -0.1) is 6.58 Å². The van der Waals surface area contributed by atoms with Gasteiger partial charge in [-0.25, -0.2) is 14.3 Å². The number of ether oxygens (including phenoxy) is 1. The van der Waals surface area contributed by atoms with Crippen LogP contribution in [0.5, 0.6) is 5.75 Å². The fourth-order valence-corrected chi connectivity index (χ4v) is 5.68. The zero-order chi connectivity index (χ0) is 31.8. The Bertz CT molecular complexity index is 1700. The van der Waals surface area contributed by atoms with Gasteiger partial charge in [0.2, 0.25) is 0 Å². The highest BCUT2D eigenvalue weighted by Gasteiger charge is 2.39. The van der Waals surface area contributed by atoms with Gasteiger partial charge >= 0.3 is 12.2 Å². The number of nitrogens with two attached hydrogens (primary N) is 1. The van der Waals surface area contributed by atoms with E-state index in [0.717, 1.165) is 11.8 Å². The van der Waals surface area contributed by atoms with Crippen LogP contribution in [-0.4, -0.2) is 69.1 Å². The van der Waals surface area contributed by atoms with Crippen molar-refractivity contribution >= 4 is 23.3 Å². The highest BCUT2D eigenvalue weighted by molar-refractivity contribution is 6.00. The van der Waals surface area contributed by atoms with E-state index in [1.807, 2.05) is 19.1 Å². The predicted molar refractivity (Wildman–Crippen MR) is 159 cm³/mol. The number of anilines is 1. The van der Waals surface area contributed by atoms with Gasteiger partial charge < -0.3 is 20.7 Å². The molecule has 1 aliphatic rings. The Kier molecular flexibility index (Phi) is 8.33. The molecular formula is C31H32F3N7O3. The van der Waals surface area contributed by atoms with Gasteiger partial charge in [-0.1, -0.05) is 18.2 Å². The Morgan fingerprint density at radius 2 is 1.82 bits per heavy atom. The van der Waals surface area contributed by atoms with Crippen LogP contribution in [-0.2, 0) is 6.18 Å².